The third kappa shape index (κ3) is 0.446. The number of ether oxygens (including phenoxy) is 1. The van der Waals surface area contributed by atoms with Gasteiger partial charge in [0, 0.05) is 0 Å². The van der Waals surface area contributed by atoms with Gasteiger partial charge in [-0.25, -0.2) is 0 Å². The lowest BCUT2D eigenvalue weighted by Crippen LogP contribution is -2.11. The Kier molecular flexibility index (Phi) is 0.649. The summed E-state index contributed by atoms with van der Waals surface area (Å²) in [5.74, 6) is 0. The summed E-state index contributed by atoms with van der Waals surface area (Å²) in [6.07, 6.45) is 2.27. The van der Waals surface area contributed by atoms with Crippen LogP contribution in [0.2, 0.25) is 0 Å². The van der Waals surface area contributed by atoms with Crippen LogP contribution < -0.4 is 0 Å². The van der Waals surface area contributed by atoms with Crippen molar-refractivity contribution in [3.63, 3.8) is 0 Å². The maximum absolute atomic E-state index is 8.94. The zero-order valence-electron chi connectivity index (χ0n) is 4.92. The third-order valence-corrected chi connectivity index (χ3v) is 2.00. The molecule has 1 saturated carbocycles. The van der Waals surface area contributed by atoms with Crippen LogP contribution in [0.15, 0.2) is 0 Å². The molecule has 2 unspecified atom stereocenters. The molecule has 1 heterocycles. The molecule has 0 aromatic rings. The number of epoxide rings is 1. The van der Waals surface area contributed by atoms with Crippen molar-refractivity contribution in [3.8, 4) is 0 Å². The van der Waals surface area contributed by atoms with Crippen molar-refractivity contribution in [2.75, 3.05) is 0 Å². The predicted molar refractivity (Wildman–Crippen MR) is 28.5 cm³/mol. The van der Waals surface area contributed by atoms with Gasteiger partial charge in [-0.3, -0.25) is 0 Å². The minimum Gasteiger partial charge on any atom is -0.391 e. The Labute approximate surface area is 48.5 Å². The molecule has 0 amide bonds. The number of aliphatic hydroxyl groups is 1. The molecule has 2 rings (SSSR count). The van der Waals surface area contributed by atoms with Crippen molar-refractivity contribution < 1.29 is 9.84 Å². The van der Waals surface area contributed by atoms with Crippen LogP contribution in [-0.4, -0.2) is 22.9 Å². The van der Waals surface area contributed by atoms with Crippen molar-refractivity contribution in [2.45, 2.75) is 37.6 Å². The van der Waals surface area contributed by atoms with Gasteiger partial charge in [-0.1, -0.05) is 0 Å². The van der Waals surface area contributed by atoms with Crippen LogP contribution >= 0.6 is 0 Å². The van der Waals surface area contributed by atoms with E-state index < -0.39 is 0 Å². The van der Waals surface area contributed by atoms with Crippen LogP contribution in [0.4, 0.5) is 0 Å². The van der Waals surface area contributed by atoms with E-state index in [1.807, 2.05) is 0 Å². The molecule has 0 aromatic carbocycles. The standard InChI is InChI=1S/C6H10O2/c1-4(7)5-6(8-5)2-3-6/h4-5,7H,2-3H2,1H3. The molecule has 2 aliphatic rings. The second kappa shape index (κ2) is 1.09. The second-order valence-corrected chi connectivity index (χ2v) is 2.84. The SMILES string of the molecule is CC(O)C1OC12CC2. The quantitative estimate of drug-likeness (QED) is 0.497. The molecule has 0 radical (unpaired) electrons. The molecular weight excluding hydrogens is 104 g/mol. The molecule has 8 heavy (non-hydrogen) atoms. The van der Waals surface area contributed by atoms with Crippen LogP contribution in [-0.2, 0) is 4.74 Å². The van der Waals surface area contributed by atoms with Crippen LogP contribution in [0.3, 0.4) is 0 Å². The molecule has 2 heteroatoms. The minimum absolute atomic E-state index is 0.183. The molecule has 1 spiro atoms. The zero-order valence-corrected chi connectivity index (χ0v) is 4.92. The lowest BCUT2D eigenvalue weighted by Gasteiger charge is -1.92. The molecule has 1 aliphatic carbocycles. The Bertz CT molecular complexity index is 116. The number of rotatable bonds is 1. The van der Waals surface area contributed by atoms with E-state index in [9.17, 15) is 0 Å². The number of hydrogen-bond acceptors (Lipinski definition) is 2. The fourth-order valence-electron chi connectivity index (χ4n) is 1.28. The van der Waals surface area contributed by atoms with Crippen molar-refractivity contribution >= 4 is 0 Å². The van der Waals surface area contributed by atoms with Gasteiger partial charge in [0.25, 0.3) is 0 Å². The summed E-state index contributed by atoms with van der Waals surface area (Å²) in [6.45, 7) is 1.79. The Morgan fingerprint density at radius 3 is 2.50 bits per heavy atom. The first-order valence-electron chi connectivity index (χ1n) is 3.10. The Balaban J connectivity index is 1.96. The van der Waals surface area contributed by atoms with Gasteiger partial charge in [0.05, 0.1) is 11.7 Å². The van der Waals surface area contributed by atoms with E-state index in [2.05, 4.69) is 0 Å². The van der Waals surface area contributed by atoms with E-state index in [-0.39, 0.29) is 17.8 Å². The van der Waals surface area contributed by atoms with E-state index in [1.54, 1.807) is 6.92 Å². The average Bonchev–Trinajstić information content (AvgIpc) is 2.50. The maximum Gasteiger partial charge on any atom is 0.113 e. The van der Waals surface area contributed by atoms with Gasteiger partial charge in [0.15, 0.2) is 0 Å². The van der Waals surface area contributed by atoms with Crippen molar-refractivity contribution in [1.82, 2.24) is 0 Å². The highest BCUT2D eigenvalue weighted by Gasteiger charge is 2.67. The van der Waals surface area contributed by atoms with Gasteiger partial charge in [-0.15, -0.1) is 0 Å². The molecule has 2 nitrogen and oxygen atoms in total. The Morgan fingerprint density at radius 1 is 1.75 bits per heavy atom. The maximum atomic E-state index is 8.94. The minimum atomic E-state index is -0.252. The summed E-state index contributed by atoms with van der Waals surface area (Å²) in [4.78, 5) is 0. The normalized spacial score (nSPS) is 42.0. The van der Waals surface area contributed by atoms with Crippen LogP contribution in [0.1, 0.15) is 19.8 Å². The highest BCUT2D eigenvalue weighted by atomic mass is 16.6. The lowest BCUT2D eigenvalue weighted by atomic mass is 10.2. The molecule has 0 aromatic heterocycles. The largest absolute Gasteiger partial charge is 0.391 e. The van der Waals surface area contributed by atoms with Gasteiger partial charge in [0.1, 0.15) is 6.10 Å². The Hall–Kier alpha value is -0.0800. The predicted octanol–water partition coefficient (Wildman–Crippen LogP) is 0.299. The summed E-state index contributed by atoms with van der Waals surface area (Å²) < 4.78 is 5.23. The van der Waals surface area contributed by atoms with Gasteiger partial charge in [0.2, 0.25) is 0 Å². The third-order valence-electron chi connectivity index (χ3n) is 2.00. The first-order valence-corrected chi connectivity index (χ1v) is 3.10. The van der Waals surface area contributed by atoms with Crippen LogP contribution in [0, 0.1) is 0 Å². The van der Waals surface area contributed by atoms with Crippen molar-refractivity contribution in [2.24, 2.45) is 0 Å². The van der Waals surface area contributed by atoms with Crippen LogP contribution in [0.5, 0.6) is 0 Å². The highest BCUT2D eigenvalue weighted by Crippen LogP contribution is 2.58. The molecule has 2 fully saturated rings. The summed E-state index contributed by atoms with van der Waals surface area (Å²) in [5, 5.41) is 8.94. The summed E-state index contributed by atoms with van der Waals surface area (Å²) in [6, 6.07) is 0. The van der Waals surface area contributed by atoms with E-state index in [1.165, 1.54) is 12.8 Å². The molecule has 46 valence electrons. The molecule has 2 atom stereocenters. The molecule has 1 saturated heterocycles. The first-order chi connectivity index (χ1) is 3.75. The average molecular weight is 114 g/mol. The van der Waals surface area contributed by atoms with Crippen LogP contribution in [0.25, 0.3) is 0 Å². The molecule has 0 bridgehead atoms. The second-order valence-electron chi connectivity index (χ2n) is 2.84. The number of hydrogen-bond donors (Lipinski definition) is 1. The lowest BCUT2D eigenvalue weighted by molar-refractivity contribution is 0.152. The van der Waals surface area contributed by atoms with E-state index >= 15 is 0 Å². The smallest absolute Gasteiger partial charge is 0.113 e. The number of aliphatic hydroxyl groups excluding tert-OH is 1. The van der Waals surface area contributed by atoms with Gasteiger partial charge >= 0.3 is 0 Å². The highest BCUT2D eigenvalue weighted by molar-refractivity contribution is 5.15. The summed E-state index contributed by atoms with van der Waals surface area (Å²) >= 11 is 0. The molecular formula is C6H10O2. The van der Waals surface area contributed by atoms with Gasteiger partial charge < -0.3 is 9.84 Å². The molecule has 1 N–H and O–H groups in total. The van der Waals surface area contributed by atoms with Gasteiger partial charge in [-0.05, 0) is 19.8 Å². The Morgan fingerprint density at radius 2 is 2.38 bits per heavy atom. The molecule has 1 aliphatic heterocycles. The summed E-state index contributed by atoms with van der Waals surface area (Å²) in [5.41, 5.74) is 0.189. The summed E-state index contributed by atoms with van der Waals surface area (Å²) in [7, 11) is 0. The first kappa shape index (κ1) is 4.77. The van der Waals surface area contributed by atoms with Crippen molar-refractivity contribution in [1.29, 1.82) is 0 Å². The van der Waals surface area contributed by atoms with Gasteiger partial charge in [-0.2, -0.15) is 0 Å². The van der Waals surface area contributed by atoms with E-state index in [0.717, 1.165) is 0 Å². The van der Waals surface area contributed by atoms with E-state index in [4.69, 9.17) is 9.84 Å². The zero-order chi connectivity index (χ0) is 5.78. The fraction of sp³-hybridized carbons (Fsp3) is 1.00. The van der Waals surface area contributed by atoms with Crippen molar-refractivity contribution in [3.05, 3.63) is 0 Å². The monoisotopic (exact) mass is 114 g/mol. The van der Waals surface area contributed by atoms with E-state index in [0.29, 0.717) is 0 Å². The topological polar surface area (TPSA) is 32.8 Å². The fourth-order valence-corrected chi connectivity index (χ4v) is 1.28.